The lowest BCUT2D eigenvalue weighted by Crippen LogP contribution is -2.35. The van der Waals surface area contributed by atoms with Crippen LogP contribution in [-0.2, 0) is 18.4 Å². The van der Waals surface area contributed by atoms with Crippen LogP contribution in [0.2, 0.25) is 0 Å². The first kappa shape index (κ1) is 19.7. The summed E-state index contributed by atoms with van der Waals surface area (Å²) < 4.78 is 7.65. The van der Waals surface area contributed by atoms with Crippen molar-refractivity contribution >= 4 is 17.7 Å². The third-order valence-corrected chi connectivity index (χ3v) is 5.89. The molecule has 3 rings (SSSR count). The molecule has 1 aromatic heterocycles. The van der Waals surface area contributed by atoms with Crippen molar-refractivity contribution in [2.75, 3.05) is 5.75 Å². The van der Waals surface area contributed by atoms with E-state index in [1.165, 1.54) is 43.0 Å². The number of thioether (sulfide) groups is 1. The molecule has 0 atom stereocenters. The Kier molecular flexibility index (Phi) is 7.15. The minimum absolute atomic E-state index is 0.0763. The molecule has 0 saturated heterocycles. The third-order valence-electron chi connectivity index (χ3n) is 4.87. The number of aryl methyl sites for hydroxylation is 1. The van der Waals surface area contributed by atoms with Crippen LogP contribution in [0.25, 0.3) is 0 Å². The highest BCUT2D eigenvalue weighted by Crippen LogP contribution is 2.19. The normalized spacial score (nSPS) is 15.3. The van der Waals surface area contributed by atoms with Crippen LogP contribution < -0.4 is 10.1 Å². The van der Waals surface area contributed by atoms with Gasteiger partial charge in [0, 0.05) is 13.1 Å². The highest BCUT2D eigenvalue weighted by molar-refractivity contribution is 7.99. The number of aromatic nitrogens is 3. The molecule has 6 nitrogen and oxygen atoms in total. The zero-order chi connectivity index (χ0) is 19.1. The van der Waals surface area contributed by atoms with E-state index in [1.807, 2.05) is 42.8 Å². The van der Waals surface area contributed by atoms with Gasteiger partial charge >= 0.3 is 0 Å². The third kappa shape index (κ3) is 5.99. The Bertz CT molecular complexity index is 737. The van der Waals surface area contributed by atoms with Gasteiger partial charge in [0.25, 0.3) is 0 Å². The average Bonchev–Trinajstić information content (AvgIpc) is 2.84. The van der Waals surface area contributed by atoms with Gasteiger partial charge in [-0.1, -0.05) is 55.1 Å². The standard InChI is InChI=1S/C20H28N4O2S/c1-15-9-11-17(12-10-15)26-13-18-22-23-20(24(18)2)27-14-19(25)21-16-7-5-3-4-6-8-16/h9-12,16H,3-8,13-14H2,1-2H3,(H,21,25). The Labute approximate surface area is 165 Å². The molecular weight excluding hydrogens is 360 g/mol. The van der Waals surface area contributed by atoms with Gasteiger partial charge in [0.05, 0.1) is 5.75 Å². The second-order valence-electron chi connectivity index (χ2n) is 7.10. The number of hydrogen-bond acceptors (Lipinski definition) is 5. The lowest BCUT2D eigenvalue weighted by Gasteiger charge is -2.15. The van der Waals surface area contributed by atoms with Gasteiger partial charge in [-0.2, -0.15) is 0 Å². The van der Waals surface area contributed by atoms with Crippen LogP contribution in [0, 0.1) is 6.92 Å². The number of nitrogens with one attached hydrogen (secondary N) is 1. The highest BCUT2D eigenvalue weighted by Gasteiger charge is 2.16. The summed E-state index contributed by atoms with van der Waals surface area (Å²) in [5.74, 6) is 1.98. The molecule has 0 radical (unpaired) electrons. The van der Waals surface area contributed by atoms with Gasteiger partial charge in [-0.15, -0.1) is 10.2 Å². The van der Waals surface area contributed by atoms with Crippen molar-refractivity contribution in [3.63, 3.8) is 0 Å². The zero-order valence-electron chi connectivity index (χ0n) is 16.1. The van der Waals surface area contributed by atoms with Crippen LogP contribution in [0.3, 0.4) is 0 Å². The number of ether oxygens (including phenoxy) is 1. The molecule has 1 aliphatic rings. The molecule has 1 fully saturated rings. The van der Waals surface area contributed by atoms with Crippen LogP contribution in [0.15, 0.2) is 29.4 Å². The molecule has 1 saturated carbocycles. The van der Waals surface area contributed by atoms with Crippen molar-refractivity contribution in [2.24, 2.45) is 7.05 Å². The predicted molar refractivity (Wildman–Crippen MR) is 107 cm³/mol. The van der Waals surface area contributed by atoms with Crippen LogP contribution in [-0.4, -0.2) is 32.5 Å². The highest BCUT2D eigenvalue weighted by atomic mass is 32.2. The molecule has 1 N–H and O–H groups in total. The fourth-order valence-electron chi connectivity index (χ4n) is 3.20. The van der Waals surface area contributed by atoms with Crippen molar-refractivity contribution in [2.45, 2.75) is 63.3 Å². The lowest BCUT2D eigenvalue weighted by molar-refractivity contribution is -0.119. The van der Waals surface area contributed by atoms with E-state index in [4.69, 9.17) is 4.74 Å². The minimum Gasteiger partial charge on any atom is -0.486 e. The second kappa shape index (κ2) is 9.78. The molecule has 1 amide bonds. The Morgan fingerprint density at radius 3 is 2.59 bits per heavy atom. The van der Waals surface area contributed by atoms with E-state index < -0.39 is 0 Å². The molecule has 0 spiro atoms. The first-order chi connectivity index (χ1) is 13.1. The second-order valence-corrected chi connectivity index (χ2v) is 8.05. The smallest absolute Gasteiger partial charge is 0.230 e. The van der Waals surface area contributed by atoms with Gasteiger partial charge in [0.2, 0.25) is 5.91 Å². The van der Waals surface area contributed by atoms with E-state index in [0.717, 1.165) is 29.6 Å². The summed E-state index contributed by atoms with van der Waals surface area (Å²) in [6.07, 6.45) is 7.19. The van der Waals surface area contributed by atoms with Gasteiger partial charge in [0.1, 0.15) is 12.4 Å². The number of hydrogen-bond donors (Lipinski definition) is 1. The lowest BCUT2D eigenvalue weighted by atomic mass is 10.1. The van der Waals surface area contributed by atoms with Crippen molar-refractivity contribution in [3.05, 3.63) is 35.7 Å². The number of amides is 1. The van der Waals surface area contributed by atoms with Crippen molar-refractivity contribution < 1.29 is 9.53 Å². The zero-order valence-corrected chi connectivity index (χ0v) is 16.9. The van der Waals surface area contributed by atoms with Crippen molar-refractivity contribution in [1.82, 2.24) is 20.1 Å². The summed E-state index contributed by atoms with van der Waals surface area (Å²) >= 11 is 1.42. The van der Waals surface area contributed by atoms with Gasteiger partial charge in [-0.25, -0.2) is 0 Å². The SMILES string of the molecule is Cc1ccc(OCc2nnc(SCC(=O)NC3CCCCCC3)n2C)cc1. The summed E-state index contributed by atoms with van der Waals surface area (Å²) in [7, 11) is 1.90. The summed E-state index contributed by atoms with van der Waals surface area (Å²) in [5.41, 5.74) is 1.20. The average molecular weight is 389 g/mol. The van der Waals surface area contributed by atoms with E-state index in [0.29, 0.717) is 18.4 Å². The first-order valence-corrected chi connectivity index (χ1v) is 10.6. The number of rotatable bonds is 7. The molecule has 146 valence electrons. The molecule has 27 heavy (non-hydrogen) atoms. The minimum atomic E-state index is 0.0763. The van der Waals surface area contributed by atoms with Crippen LogP contribution in [0.1, 0.15) is 49.9 Å². The largest absolute Gasteiger partial charge is 0.486 e. The van der Waals surface area contributed by atoms with Crippen LogP contribution in [0.4, 0.5) is 0 Å². The molecular formula is C20H28N4O2S. The van der Waals surface area contributed by atoms with E-state index in [1.54, 1.807) is 0 Å². The summed E-state index contributed by atoms with van der Waals surface area (Å²) in [6, 6.07) is 8.25. The van der Waals surface area contributed by atoms with E-state index in [-0.39, 0.29) is 5.91 Å². The molecule has 1 aliphatic carbocycles. The van der Waals surface area contributed by atoms with Gasteiger partial charge in [-0.3, -0.25) is 4.79 Å². The topological polar surface area (TPSA) is 69.0 Å². The van der Waals surface area contributed by atoms with E-state index in [2.05, 4.69) is 15.5 Å². The number of benzene rings is 1. The fourth-order valence-corrected chi connectivity index (χ4v) is 3.94. The van der Waals surface area contributed by atoms with Gasteiger partial charge in [0.15, 0.2) is 11.0 Å². The maximum Gasteiger partial charge on any atom is 0.230 e. The molecule has 2 aromatic rings. The van der Waals surface area contributed by atoms with Crippen molar-refractivity contribution in [1.29, 1.82) is 0 Å². The summed E-state index contributed by atoms with van der Waals surface area (Å²) in [6.45, 7) is 2.39. The Hall–Kier alpha value is -2.02. The Balaban J connectivity index is 1.46. The van der Waals surface area contributed by atoms with Gasteiger partial charge < -0.3 is 14.6 Å². The Morgan fingerprint density at radius 2 is 1.89 bits per heavy atom. The fraction of sp³-hybridized carbons (Fsp3) is 0.550. The maximum atomic E-state index is 12.2. The predicted octanol–water partition coefficient (Wildman–Crippen LogP) is 3.63. The van der Waals surface area contributed by atoms with Crippen molar-refractivity contribution in [3.8, 4) is 5.75 Å². The Morgan fingerprint density at radius 1 is 1.19 bits per heavy atom. The number of nitrogens with zero attached hydrogens (tertiary/aromatic N) is 3. The summed E-state index contributed by atoms with van der Waals surface area (Å²) in [4.78, 5) is 12.2. The molecule has 0 bridgehead atoms. The molecule has 7 heteroatoms. The van der Waals surface area contributed by atoms with Gasteiger partial charge in [-0.05, 0) is 31.9 Å². The molecule has 0 aliphatic heterocycles. The monoisotopic (exact) mass is 388 g/mol. The number of carbonyl (C=O) groups excluding carboxylic acids is 1. The van der Waals surface area contributed by atoms with Crippen LogP contribution in [0.5, 0.6) is 5.75 Å². The van der Waals surface area contributed by atoms with E-state index in [9.17, 15) is 4.79 Å². The van der Waals surface area contributed by atoms with E-state index >= 15 is 0 Å². The summed E-state index contributed by atoms with van der Waals surface area (Å²) in [5, 5.41) is 12.3. The quantitative estimate of drug-likeness (QED) is 0.579. The molecule has 0 unspecified atom stereocenters. The maximum absolute atomic E-state index is 12.2. The molecule has 1 heterocycles. The number of carbonyl (C=O) groups is 1. The molecule has 1 aromatic carbocycles. The van der Waals surface area contributed by atoms with Crippen LogP contribution >= 0.6 is 11.8 Å². The first-order valence-electron chi connectivity index (χ1n) is 9.62.